The fraction of sp³-hybridized carbons (Fsp3) is 0.833. The average molecular weight is 225 g/mol. The first-order valence-corrected chi connectivity index (χ1v) is 5.83. The van der Waals surface area contributed by atoms with Crippen LogP contribution < -0.4 is 0 Å². The number of nitrogens with zero attached hydrogens (tertiary/aromatic N) is 1. The molecule has 0 unspecified atom stereocenters. The van der Waals surface area contributed by atoms with Gasteiger partial charge < -0.3 is 9.53 Å². The lowest BCUT2D eigenvalue weighted by atomic mass is 9.63. The summed E-state index contributed by atoms with van der Waals surface area (Å²) in [5, 5.41) is 0. The van der Waals surface area contributed by atoms with Gasteiger partial charge in [0, 0.05) is 6.54 Å². The first-order valence-electron chi connectivity index (χ1n) is 5.83. The number of hydrogen-bond donors (Lipinski definition) is 0. The van der Waals surface area contributed by atoms with Crippen LogP contribution in [0.25, 0.3) is 0 Å². The summed E-state index contributed by atoms with van der Waals surface area (Å²) in [7, 11) is 0. The van der Waals surface area contributed by atoms with Crippen LogP contribution in [0.15, 0.2) is 0 Å². The Morgan fingerprint density at radius 3 is 2.56 bits per heavy atom. The summed E-state index contributed by atoms with van der Waals surface area (Å²) in [6, 6.07) is 0. The van der Waals surface area contributed by atoms with Crippen molar-refractivity contribution in [2.24, 2.45) is 5.92 Å². The van der Waals surface area contributed by atoms with Gasteiger partial charge >= 0.3 is 6.09 Å². The Bertz CT molecular complexity index is 313. The molecule has 2 heterocycles. The van der Waals surface area contributed by atoms with Gasteiger partial charge in [-0.3, -0.25) is 4.90 Å². The molecule has 0 spiro atoms. The number of ether oxygens (including phenoxy) is 1. The number of rotatable bonds is 1. The van der Waals surface area contributed by atoms with E-state index in [9.17, 15) is 9.59 Å². The van der Waals surface area contributed by atoms with Crippen LogP contribution in [0.1, 0.15) is 40.0 Å². The number of aldehydes is 1. The van der Waals surface area contributed by atoms with E-state index < -0.39 is 11.1 Å². The molecule has 1 amide bonds. The molecule has 0 aromatic carbocycles. The minimum absolute atomic E-state index is 0.349. The Hall–Kier alpha value is -1.06. The number of fused-ring (bicyclic) bond motifs is 2. The number of piperidine rings is 2. The van der Waals surface area contributed by atoms with E-state index in [0.29, 0.717) is 12.5 Å². The molecule has 2 aliphatic heterocycles. The van der Waals surface area contributed by atoms with Gasteiger partial charge in [-0.25, -0.2) is 4.79 Å². The monoisotopic (exact) mass is 225 g/mol. The maximum Gasteiger partial charge on any atom is 0.411 e. The maximum atomic E-state index is 12.0. The molecule has 0 aromatic rings. The first kappa shape index (κ1) is 11.4. The third kappa shape index (κ3) is 1.81. The van der Waals surface area contributed by atoms with Crippen LogP contribution >= 0.6 is 0 Å². The second kappa shape index (κ2) is 3.47. The van der Waals surface area contributed by atoms with Crippen molar-refractivity contribution >= 4 is 12.4 Å². The fourth-order valence-electron chi connectivity index (χ4n) is 2.65. The van der Waals surface area contributed by atoms with Crippen molar-refractivity contribution in [2.45, 2.75) is 51.2 Å². The van der Waals surface area contributed by atoms with E-state index in [4.69, 9.17) is 4.74 Å². The van der Waals surface area contributed by atoms with E-state index in [1.165, 1.54) is 0 Å². The normalized spacial score (nSPS) is 32.9. The number of amides is 1. The van der Waals surface area contributed by atoms with Gasteiger partial charge in [0.2, 0.25) is 0 Å². The zero-order valence-electron chi connectivity index (χ0n) is 10.2. The molecule has 2 bridgehead atoms. The van der Waals surface area contributed by atoms with Gasteiger partial charge in [0.05, 0.1) is 0 Å². The lowest BCUT2D eigenvalue weighted by Crippen LogP contribution is -2.65. The zero-order valence-corrected chi connectivity index (χ0v) is 10.2. The van der Waals surface area contributed by atoms with Crippen molar-refractivity contribution in [2.75, 3.05) is 6.54 Å². The molecule has 3 fully saturated rings. The number of carbonyl (C=O) groups excluding carboxylic acids is 2. The molecule has 90 valence electrons. The zero-order chi connectivity index (χ0) is 12.0. The van der Waals surface area contributed by atoms with Crippen molar-refractivity contribution in [1.82, 2.24) is 4.90 Å². The highest BCUT2D eigenvalue weighted by Crippen LogP contribution is 2.47. The van der Waals surface area contributed by atoms with Gasteiger partial charge in [-0.05, 0) is 46.0 Å². The largest absolute Gasteiger partial charge is 0.444 e. The third-order valence-electron chi connectivity index (χ3n) is 3.42. The summed E-state index contributed by atoms with van der Waals surface area (Å²) < 4.78 is 5.33. The molecule has 4 heteroatoms. The Labute approximate surface area is 95.9 Å². The van der Waals surface area contributed by atoms with Crippen LogP contribution in [-0.2, 0) is 9.53 Å². The smallest absolute Gasteiger partial charge is 0.411 e. The Morgan fingerprint density at radius 2 is 2.06 bits per heavy atom. The predicted octanol–water partition coefficient (Wildman–Crippen LogP) is 1.97. The molecule has 2 saturated heterocycles. The molecule has 1 saturated carbocycles. The molecular formula is C12H19NO3. The van der Waals surface area contributed by atoms with Crippen LogP contribution in [0, 0.1) is 5.92 Å². The summed E-state index contributed by atoms with van der Waals surface area (Å²) in [6.07, 6.45) is 3.20. The van der Waals surface area contributed by atoms with Crippen molar-refractivity contribution in [3.63, 3.8) is 0 Å². The van der Waals surface area contributed by atoms with Crippen LogP contribution in [0.5, 0.6) is 0 Å². The lowest BCUT2D eigenvalue weighted by Gasteiger charge is -2.55. The Kier molecular flexibility index (Phi) is 2.48. The second-order valence-electron chi connectivity index (χ2n) is 5.92. The summed E-state index contributed by atoms with van der Waals surface area (Å²) in [5.74, 6) is 0.629. The molecule has 16 heavy (non-hydrogen) atoms. The topological polar surface area (TPSA) is 46.6 Å². The summed E-state index contributed by atoms with van der Waals surface area (Å²) in [6.45, 7) is 6.17. The van der Waals surface area contributed by atoms with E-state index in [-0.39, 0.29) is 6.09 Å². The molecule has 4 nitrogen and oxygen atoms in total. The highest BCUT2D eigenvalue weighted by atomic mass is 16.6. The van der Waals surface area contributed by atoms with E-state index in [1.54, 1.807) is 4.90 Å². The van der Waals surface area contributed by atoms with Gasteiger partial charge in [0.25, 0.3) is 0 Å². The van der Waals surface area contributed by atoms with Crippen molar-refractivity contribution in [3.8, 4) is 0 Å². The van der Waals surface area contributed by atoms with Gasteiger partial charge in [-0.2, -0.15) is 0 Å². The molecule has 0 N–H and O–H groups in total. The Balaban J connectivity index is 2.08. The molecule has 0 atom stereocenters. The fourth-order valence-corrected chi connectivity index (χ4v) is 2.65. The van der Waals surface area contributed by atoms with Gasteiger partial charge in [0.1, 0.15) is 17.4 Å². The summed E-state index contributed by atoms with van der Waals surface area (Å²) >= 11 is 0. The SMILES string of the molecule is CC(C)(C)OC(=O)N1CCC2CC1(C=O)C2. The minimum Gasteiger partial charge on any atom is -0.444 e. The predicted molar refractivity (Wildman–Crippen MR) is 59.1 cm³/mol. The third-order valence-corrected chi connectivity index (χ3v) is 3.42. The van der Waals surface area contributed by atoms with E-state index in [2.05, 4.69) is 0 Å². The van der Waals surface area contributed by atoms with Crippen molar-refractivity contribution < 1.29 is 14.3 Å². The first-order chi connectivity index (χ1) is 7.36. The Morgan fingerprint density at radius 1 is 1.44 bits per heavy atom. The second-order valence-corrected chi connectivity index (χ2v) is 5.92. The van der Waals surface area contributed by atoms with E-state index >= 15 is 0 Å². The highest BCUT2D eigenvalue weighted by Gasteiger charge is 2.54. The molecule has 1 aliphatic carbocycles. The van der Waals surface area contributed by atoms with Crippen molar-refractivity contribution in [1.29, 1.82) is 0 Å². The van der Waals surface area contributed by atoms with Crippen LogP contribution in [0.2, 0.25) is 0 Å². The highest BCUT2D eigenvalue weighted by molar-refractivity contribution is 5.78. The average Bonchev–Trinajstić information content (AvgIpc) is 2.13. The van der Waals surface area contributed by atoms with Crippen LogP contribution in [0.4, 0.5) is 4.79 Å². The standard InChI is InChI=1S/C12H19NO3/c1-11(2,3)16-10(15)13-5-4-9-6-12(13,7-9)8-14/h8-9H,4-7H2,1-3H3. The van der Waals surface area contributed by atoms with Gasteiger partial charge in [0.15, 0.2) is 0 Å². The van der Waals surface area contributed by atoms with Gasteiger partial charge in [-0.15, -0.1) is 0 Å². The molecule has 0 radical (unpaired) electrons. The maximum absolute atomic E-state index is 12.0. The number of hydrogen-bond acceptors (Lipinski definition) is 3. The summed E-state index contributed by atoms with van der Waals surface area (Å²) in [5.41, 5.74) is -1.05. The van der Waals surface area contributed by atoms with Crippen LogP contribution in [-0.4, -0.2) is 35.0 Å². The molecular weight excluding hydrogens is 206 g/mol. The summed E-state index contributed by atoms with van der Waals surface area (Å²) in [4.78, 5) is 24.7. The molecule has 3 rings (SSSR count). The van der Waals surface area contributed by atoms with Crippen molar-refractivity contribution in [3.05, 3.63) is 0 Å². The minimum atomic E-state index is -0.550. The van der Waals surface area contributed by atoms with E-state index in [0.717, 1.165) is 25.5 Å². The van der Waals surface area contributed by atoms with Gasteiger partial charge in [-0.1, -0.05) is 0 Å². The molecule has 3 aliphatic rings. The quantitative estimate of drug-likeness (QED) is 0.641. The molecule has 0 aromatic heterocycles. The number of carbonyl (C=O) groups is 2. The van der Waals surface area contributed by atoms with Crippen LogP contribution in [0.3, 0.4) is 0 Å². The lowest BCUT2D eigenvalue weighted by molar-refractivity contribution is -0.135. The van der Waals surface area contributed by atoms with E-state index in [1.807, 2.05) is 20.8 Å².